The van der Waals surface area contributed by atoms with E-state index < -0.39 is 0 Å². The molecule has 1 aliphatic heterocycles. The van der Waals surface area contributed by atoms with E-state index in [0.717, 1.165) is 25.1 Å². The maximum absolute atomic E-state index is 10.2. The van der Waals surface area contributed by atoms with Gasteiger partial charge in [-0.1, -0.05) is 37.3 Å². The molecule has 1 aromatic carbocycles. The molecular weight excluding hydrogens is 198 g/mol. The molecule has 3 atom stereocenters. The molecule has 0 bridgehead atoms. The second-order valence-corrected chi connectivity index (χ2v) is 4.89. The van der Waals surface area contributed by atoms with Crippen LogP contribution in [0.25, 0.3) is 0 Å². The highest BCUT2D eigenvalue weighted by Crippen LogP contribution is 2.29. The summed E-state index contributed by atoms with van der Waals surface area (Å²) < 4.78 is 0. The molecule has 2 N–H and O–H groups in total. The van der Waals surface area contributed by atoms with Gasteiger partial charge >= 0.3 is 0 Å². The second-order valence-electron chi connectivity index (χ2n) is 4.89. The lowest BCUT2D eigenvalue weighted by Gasteiger charge is -2.31. The molecule has 0 aromatic heterocycles. The van der Waals surface area contributed by atoms with Crippen molar-refractivity contribution in [2.24, 2.45) is 11.8 Å². The molecule has 2 nitrogen and oxygen atoms in total. The molecule has 0 saturated carbocycles. The third-order valence-corrected chi connectivity index (χ3v) is 3.67. The van der Waals surface area contributed by atoms with Gasteiger partial charge in [0, 0.05) is 0 Å². The zero-order valence-electron chi connectivity index (χ0n) is 9.89. The molecule has 0 radical (unpaired) electrons. The molecule has 0 amide bonds. The van der Waals surface area contributed by atoms with E-state index in [1.54, 1.807) is 0 Å². The van der Waals surface area contributed by atoms with Crippen molar-refractivity contribution in [3.63, 3.8) is 0 Å². The van der Waals surface area contributed by atoms with Gasteiger partial charge in [-0.15, -0.1) is 0 Å². The quantitative estimate of drug-likeness (QED) is 0.818. The van der Waals surface area contributed by atoms with Gasteiger partial charge in [-0.25, -0.2) is 0 Å². The van der Waals surface area contributed by atoms with Crippen molar-refractivity contribution in [2.45, 2.75) is 25.9 Å². The average molecular weight is 219 g/mol. The van der Waals surface area contributed by atoms with E-state index in [0.29, 0.717) is 11.8 Å². The largest absolute Gasteiger partial charge is 0.388 e. The maximum Gasteiger partial charge on any atom is 0.0792 e. The van der Waals surface area contributed by atoms with Crippen LogP contribution in [0.15, 0.2) is 30.3 Å². The van der Waals surface area contributed by atoms with E-state index >= 15 is 0 Å². The van der Waals surface area contributed by atoms with Crippen molar-refractivity contribution >= 4 is 0 Å². The molecule has 2 rings (SSSR count). The van der Waals surface area contributed by atoms with Crippen LogP contribution in [-0.2, 0) is 0 Å². The zero-order chi connectivity index (χ0) is 11.4. The number of hydrogen-bond acceptors (Lipinski definition) is 2. The van der Waals surface area contributed by atoms with Crippen LogP contribution in [-0.4, -0.2) is 18.2 Å². The molecule has 1 saturated heterocycles. The molecule has 0 aliphatic carbocycles. The molecular formula is C14H21NO. The van der Waals surface area contributed by atoms with Crippen molar-refractivity contribution in [1.82, 2.24) is 5.32 Å². The fraction of sp³-hybridized carbons (Fsp3) is 0.571. The van der Waals surface area contributed by atoms with Gasteiger partial charge in [0.1, 0.15) is 0 Å². The monoisotopic (exact) mass is 219 g/mol. The summed E-state index contributed by atoms with van der Waals surface area (Å²) in [5.41, 5.74) is 1.05. The Morgan fingerprint density at radius 3 is 2.81 bits per heavy atom. The molecule has 3 unspecified atom stereocenters. The van der Waals surface area contributed by atoms with Gasteiger partial charge in [0.05, 0.1) is 6.10 Å². The highest BCUT2D eigenvalue weighted by molar-refractivity contribution is 5.17. The van der Waals surface area contributed by atoms with Crippen LogP contribution in [0.5, 0.6) is 0 Å². The minimum absolute atomic E-state index is 0.299. The Balaban J connectivity index is 1.94. The van der Waals surface area contributed by atoms with Crippen molar-refractivity contribution in [3.8, 4) is 0 Å². The standard InChI is InChI=1S/C14H21NO/c1-11-10-15-8-7-13(11)9-14(16)12-5-3-2-4-6-12/h2-6,11,13-16H,7-10H2,1H3. The highest BCUT2D eigenvalue weighted by Gasteiger charge is 2.23. The first-order valence-electron chi connectivity index (χ1n) is 6.21. The molecule has 1 heterocycles. The SMILES string of the molecule is CC1CNCCC1CC(O)c1ccccc1. The summed E-state index contributed by atoms with van der Waals surface area (Å²) >= 11 is 0. The van der Waals surface area contributed by atoms with E-state index in [-0.39, 0.29) is 6.10 Å². The summed E-state index contributed by atoms with van der Waals surface area (Å²) in [6, 6.07) is 9.99. The molecule has 1 fully saturated rings. The Bertz CT molecular complexity index is 312. The first-order valence-corrected chi connectivity index (χ1v) is 6.21. The number of aliphatic hydroxyl groups excluding tert-OH is 1. The van der Waals surface area contributed by atoms with Crippen LogP contribution in [0.4, 0.5) is 0 Å². The summed E-state index contributed by atoms with van der Waals surface area (Å²) in [6.07, 6.45) is 1.78. The average Bonchev–Trinajstić information content (AvgIpc) is 2.33. The lowest BCUT2D eigenvalue weighted by molar-refractivity contribution is 0.115. The van der Waals surface area contributed by atoms with E-state index in [2.05, 4.69) is 12.2 Å². The van der Waals surface area contributed by atoms with E-state index in [9.17, 15) is 5.11 Å². The first kappa shape index (κ1) is 11.6. The topological polar surface area (TPSA) is 32.3 Å². The summed E-state index contributed by atoms with van der Waals surface area (Å²) in [7, 11) is 0. The van der Waals surface area contributed by atoms with E-state index in [1.165, 1.54) is 6.42 Å². The summed E-state index contributed by atoms with van der Waals surface area (Å²) in [5, 5.41) is 13.6. The highest BCUT2D eigenvalue weighted by atomic mass is 16.3. The van der Waals surface area contributed by atoms with Crippen LogP contribution < -0.4 is 5.32 Å². The fourth-order valence-electron chi connectivity index (χ4n) is 2.52. The molecule has 16 heavy (non-hydrogen) atoms. The van der Waals surface area contributed by atoms with Crippen molar-refractivity contribution in [1.29, 1.82) is 0 Å². The van der Waals surface area contributed by atoms with Crippen LogP contribution in [0.3, 0.4) is 0 Å². The van der Waals surface area contributed by atoms with Gasteiger partial charge in [-0.3, -0.25) is 0 Å². The van der Waals surface area contributed by atoms with E-state index in [1.807, 2.05) is 30.3 Å². The van der Waals surface area contributed by atoms with Crippen molar-refractivity contribution in [2.75, 3.05) is 13.1 Å². The van der Waals surface area contributed by atoms with E-state index in [4.69, 9.17) is 0 Å². The Kier molecular flexibility index (Phi) is 3.97. The van der Waals surface area contributed by atoms with Crippen molar-refractivity contribution in [3.05, 3.63) is 35.9 Å². The number of hydrogen-bond donors (Lipinski definition) is 2. The third kappa shape index (κ3) is 2.83. The molecule has 2 heteroatoms. The van der Waals surface area contributed by atoms with Crippen LogP contribution in [0, 0.1) is 11.8 Å². The number of aliphatic hydroxyl groups is 1. The summed E-state index contributed by atoms with van der Waals surface area (Å²) in [6.45, 7) is 4.46. The lowest BCUT2D eigenvalue weighted by atomic mass is 9.82. The van der Waals surface area contributed by atoms with Crippen LogP contribution in [0.1, 0.15) is 31.4 Å². The Labute approximate surface area is 97.7 Å². The maximum atomic E-state index is 10.2. The molecule has 1 aromatic rings. The smallest absolute Gasteiger partial charge is 0.0792 e. The molecule has 0 spiro atoms. The van der Waals surface area contributed by atoms with Gasteiger partial charge < -0.3 is 10.4 Å². The van der Waals surface area contributed by atoms with Gasteiger partial charge in [0.15, 0.2) is 0 Å². The predicted molar refractivity (Wildman–Crippen MR) is 66.2 cm³/mol. The minimum atomic E-state index is -0.299. The Morgan fingerprint density at radius 1 is 1.38 bits per heavy atom. The number of benzene rings is 1. The summed E-state index contributed by atoms with van der Waals surface area (Å²) in [4.78, 5) is 0. The third-order valence-electron chi connectivity index (χ3n) is 3.67. The van der Waals surface area contributed by atoms with Crippen LogP contribution in [0.2, 0.25) is 0 Å². The lowest BCUT2D eigenvalue weighted by Crippen LogP contribution is -2.35. The zero-order valence-corrected chi connectivity index (χ0v) is 9.89. The van der Waals surface area contributed by atoms with Crippen LogP contribution >= 0.6 is 0 Å². The minimum Gasteiger partial charge on any atom is -0.388 e. The van der Waals surface area contributed by atoms with Gasteiger partial charge in [-0.05, 0) is 43.3 Å². The normalized spacial score (nSPS) is 27.6. The van der Waals surface area contributed by atoms with Crippen molar-refractivity contribution < 1.29 is 5.11 Å². The van der Waals surface area contributed by atoms with Gasteiger partial charge in [0.2, 0.25) is 0 Å². The Hall–Kier alpha value is -0.860. The van der Waals surface area contributed by atoms with Gasteiger partial charge in [-0.2, -0.15) is 0 Å². The fourth-order valence-corrected chi connectivity index (χ4v) is 2.52. The molecule has 88 valence electrons. The van der Waals surface area contributed by atoms with Gasteiger partial charge in [0.25, 0.3) is 0 Å². The predicted octanol–water partition coefficient (Wildman–Crippen LogP) is 2.36. The summed E-state index contributed by atoms with van der Waals surface area (Å²) in [5.74, 6) is 1.32. The number of rotatable bonds is 3. The first-order chi connectivity index (χ1) is 7.77. The Morgan fingerprint density at radius 2 is 2.12 bits per heavy atom. The molecule has 1 aliphatic rings. The number of nitrogens with one attached hydrogen (secondary N) is 1. The second kappa shape index (κ2) is 5.46. The number of piperidine rings is 1.